The summed E-state index contributed by atoms with van der Waals surface area (Å²) in [4.78, 5) is 22.4. The van der Waals surface area contributed by atoms with Gasteiger partial charge in [0.2, 0.25) is 0 Å². The Morgan fingerprint density at radius 1 is 1.44 bits per heavy atom. The minimum atomic E-state index is -0.946. The zero-order valence-corrected chi connectivity index (χ0v) is 10.1. The molecule has 2 N–H and O–H groups in total. The first-order valence-electron chi connectivity index (χ1n) is 5.32. The number of thioether (sulfide) groups is 1. The van der Waals surface area contributed by atoms with Crippen molar-refractivity contribution in [1.82, 2.24) is 5.32 Å². The number of carbonyl (C=O) groups is 2. The maximum Gasteiger partial charge on any atom is 0.323 e. The van der Waals surface area contributed by atoms with Gasteiger partial charge in [-0.2, -0.15) is 11.8 Å². The number of carbonyl (C=O) groups excluding carboxylic acids is 1. The van der Waals surface area contributed by atoms with Crippen LogP contribution in [-0.2, 0) is 14.3 Å². The molecular weight excluding hydrogens is 230 g/mol. The van der Waals surface area contributed by atoms with Crippen LogP contribution in [-0.4, -0.2) is 47.2 Å². The lowest BCUT2D eigenvalue weighted by molar-refractivity contribution is -0.147. The van der Waals surface area contributed by atoms with E-state index < -0.39 is 17.5 Å². The van der Waals surface area contributed by atoms with Crippen molar-refractivity contribution in [1.29, 1.82) is 0 Å². The Balaban J connectivity index is 2.51. The molecule has 0 aromatic rings. The molecule has 1 heterocycles. The number of esters is 1. The molecule has 1 aliphatic rings. The highest BCUT2D eigenvalue weighted by molar-refractivity contribution is 7.99. The van der Waals surface area contributed by atoms with Crippen molar-refractivity contribution in [3.63, 3.8) is 0 Å². The fourth-order valence-electron chi connectivity index (χ4n) is 1.64. The number of aliphatic carboxylic acids is 1. The van der Waals surface area contributed by atoms with Crippen LogP contribution >= 0.6 is 11.8 Å². The first-order valence-corrected chi connectivity index (χ1v) is 6.48. The molecule has 0 aromatic carbocycles. The third-order valence-corrected chi connectivity index (χ3v) is 3.62. The lowest BCUT2D eigenvalue weighted by Gasteiger charge is -2.33. The topological polar surface area (TPSA) is 75.6 Å². The van der Waals surface area contributed by atoms with Gasteiger partial charge in [-0.3, -0.25) is 14.9 Å². The van der Waals surface area contributed by atoms with E-state index in [2.05, 4.69) is 5.32 Å². The van der Waals surface area contributed by atoms with Crippen molar-refractivity contribution in [2.45, 2.75) is 25.3 Å². The molecule has 16 heavy (non-hydrogen) atoms. The Labute approximate surface area is 98.9 Å². The van der Waals surface area contributed by atoms with Crippen LogP contribution in [0.25, 0.3) is 0 Å². The second-order valence-electron chi connectivity index (χ2n) is 3.66. The predicted molar refractivity (Wildman–Crippen MR) is 61.6 cm³/mol. The summed E-state index contributed by atoms with van der Waals surface area (Å²) >= 11 is 1.74. The maximum absolute atomic E-state index is 11.2. The van der Waals surface area contributed by atoms with E-state index in [1.165, 1.54) is 0 Å². The lowest BCUT2D eigenvalue weighted by Crippen LogP contribution is -2.55. The third kappa shape index (κ3) is 3.38. The molecule has 6 heteroatoms. The first-order chi connectivity index (χ1) is 7.60. The Bertz CT molecular complexity index is 264. The molecule has 1 saturated heterocycles. The fourth-order valence-corrected chi connectivity index (χ4v) is 2.83. The Morgan fingerprint density at radius 2 is 2.06 bits per heavy atom. The van der Waals surface area contributed by atoms with Crippen molar-refractivity contribution in [2.75, 3.05) is 24.7 Å². The van der Waals surface area contributed by atoms with Gasteiger partial charge in [-0.25, -0.2) is 0 Å². The number of carboxylic acid groups (broad SMARTS) is 1. The van der Waals surface area contributed by atoms with Crippen molar-refractivity contribution >= 4 is 23.7 Å². The van der Waals surface area contributed by atoms with Gasteiger partial charge in [0.05, 0.1) is 13.2 Å². The summed E-state index contributed by atoms with van der Waals surface area (Å²) < 4.78 is 4.76. The minimum Gasteiger partial charge on any atom is -0.480 e. The molecule has 0 atom stereocenters. The zero-order valence-electron chi connectivity index (χ0n) is 9.32. The molecule has 0 saturated carbocycles. The van der Waals surface area contributed by atoms with Crippen molar-refractivity contribution in [2.24, 2.45) is 0 Å². The van der Waals surface area contributed by atoms with Crippen LogP contribution < -0.4 is 5.32 Å². The molecule has 0 amide bonds. The molecule has 1 fully saturated rings. The summed E-state index contributed by atoms with van der Waals surface area (Å²) in [6.07, 6.45) is 1.10. The molecule has 0 bridgehead atoms. The predicted octanol–water partition coefficient (Wildman–Crippen LogP) is 0.489. The van der Waals surface area contributed by atoms with Crippen LogP contribution in [0.3, 0.4) is 0 Å². The van der Waals surface area contributed by atoms with Gasteiger partial charge < -0.3 is 9.84 Å². The molecular formula is C10H17NO4S. The zero-order chi connectivity index (χ0) is 12.0. The van der Waals surface area contributed by atoms with E-state index in [1.807, 2.05) is 0 Å². The normalized spacial score (nSPS) is 19.1. The van der Waals surface area contributed by atoms with Gasteiger partial charge >= 0.3 is 11.9 Å². The highest BCUT2D eigenvalue weighted by Gasteiger charge is 2.39. The monoisotopic (exact) mass is 247 g/mol. The van der Waals surface area contributed by atoms with Crippen LogP contribution in [0.2, 0.25) is 0 Å². The molecule has 0 spiro atoms. The Kier molecular flexibility index (Phi) is 5.08. The van der Waals surface area contributed by atoms with Crippen LogP contribution in [0.4, 0.5) is 0 Å². The molecule has 5 nitrogen and oxygen atoms in total. The molecule has 92 valence electrons. The smallest absolute Gasteiger partial charge is 0.323 e. The number of hydrogen-bond donors (Lipinski definition) is 2. The summed E-state index contributed by atoms with van der Waals surface area (Å²) in [5.74, 6) is 0.336. The number of nitrogens with one attached hydrogen (secondary N) is 1. The summed E-state index contributed by atoms with van der Waals surface area (Å²) in [6.45, 7) is 2.00. The number of rotatable bonds is 5. The SMILES string of the molecule is CCOC(=O)CNC1(C(=O)O)CCSCC1. The van der Waals surface area contributed by atoms with E-state index in [0.717, 1.165) is 11.5 Å². The number of carboxylic acids is 1. The molecule has 1 aliphatic heterocycles. The van der Waals surface area contributed by atoms with Crippen LogP contribution in [0, 0.1) is 0 Å². The Morgan fingerprint density at radius 3 is 2.56 bits per heavy atom. The van der Waals surface area contributed by atoms with Gasteiger partial charge in [0.1, 0.15) is 5.54 Å². The van der Waals surface area contributed by atoms with Gasteiger partial charge in [0, 0.05) is 0 Å². The summed E-state index contributed by atoms with van der Waals surface area (Å²) in [5, 5.41) is 12.0. The second kappa shape index (κ2) is 6.10. The Hall–Kier alpha value is -0.750. The van der Waals surface area contributed by atoms with Crippen LogP contribution in [0.15, 0.2) is 0 Å². The summed E-state index contributed by atoms with van der Waals surface area (Å²) in [7, 11) is 0. The minimum absolute atomic E-state index is 0.0369. The molecule has 0 radical (unpaired) electrons. The highest BCUT2D eigenvalue weighted by atomic mass is 32.2. The molecule has 0 aliphatic carbocycles. The van der Waals surface area contributed by atoms with Gasteiger partial charge in [0.15, 0.2) is 0 Å². The largest absolute Gasteiger partial charge is 0.480 e. The van der Waals surface area contributed by atoms with Crippen molar-refractivity contribution in [3.05, 3.63) is 0 Å². The van der Waals surface area contributed by atoms with E-state index in [4.69, 9.17) is 4.74 Å². The fraction of sp³-hybridized carbons (Fsp3) is 0.800. The standard InChI is InChI=1S/C10H17NO4S/c1-2-15-8(12)7-11-10(9(13)14)3-5-16-6-4-10/h11H,2-7H2,1H3,(H,13,14). The summed E-state index contributed by atoms with van der Waals surface area (Å²) in [6, 6.07) is 0. The van der Waals surface area contributed by atoms with E-state index in [-0.39, 0.29) is 6.54 Å². The second-order valence-corrected chi connectivity index (χ2v) is 4.88. The number of ether oxygens (including phenoxy) is 1. The average Bonchev–Trinajstić information content (AvgIpc) is 2.28. The maximum atomic E-state index is 11.2. The summed E-state index contributed by atoms with van der Waals surface area (Å²) in [5.41, 5.74) is -0.946. The van der Waals surface area contributed by atoms with Crippen molar-refractivity contribution in [3.8, 4) is 0 Å². The van der Waals surface area contributed by atoms with Gasteiger partial charge in [0.25, 0.3) is 0 Å². The van der Waals surface area contributed by atoms with E-state index in [0.29, 0.717) is 19.4 Å². The molecule has 0 aromatic heterocycles. The van der Waals surface area contributed by atoms with E-state index in [1.54, 1.807) is 18.7 Å². The van der Waals surface area contributed by atoms with Crippen LogP contribution in [0.5, 0.6) is 0 Å². The highest BCUT2D eigenvalue weighted by Crippen LogP contribution is 2.27. The van der Waals surface area contributed by atoms with Crippen LogP contribution in [0.1, 0.15) is 19.8 Å². The third-order valence-electron chi connectivity index (χ3n) is 2.63. The number of hydrogen-bond acceptors (Lipinski definition) is 5. The van der Waals surface area contributed by atoms with Gasteiger partial charge in [-0.15, -0.1) is 0 Å². The first kappa shape index (κ1) is 13.3. The van der Waals surface area contributed by atoms with Crippen molar-refractivity contribution < 1.29 is 19.4 Å². The lowest BCUT2D eigenvalue weighted by atomic mass is 9.92. The average molecular weight is 247 g/mol. The van der Waals surface area contributed by atoms with Gasteiger partial charge in [-0.1, -0.05) is 0 Å². The molecule has 0 unspecified atom stereocenters. The van der Waals surface area contributed by atoms with E-state index >= 15 is 0 Å². The quantitative estimate of drug-likeness (QED) is 0.689. The molecule has 1 rings (SSSR count). The van der Waals surface area contributed by atoms with E-state index in [9.17, 15) is 14.7 Å². The van der Waals surface area contributed by atoms with Gasteiger partial charge in [-0.05, 0) is 31.3 Å².